The highest BCUT2D eigenvalue weighted by molar-refractivity contribution is 5.60. The summed E-state index contributed by atoms with van der Waals surface area (Å²) in [6.45, 7) is 11.0. The van der Waals surface area contributed by atoms with Gasteiger partial charge in [-0.15, -0.1) is 0 Å². The molecule has 1 atom stereocenters. The summed E-state index contributed by atoms with van der Waals surface area (Å²) >= 11 is 0. The van der Waals surface area contributed by atoms with Gasteiger partial charge in [0, 0.05) is 36.6 Å². The van der Waals surface area contributed by atoms with E-state index in [-0.39, 0.29) is 6.10 Å². The zero-order valence-electron chi connectivity index (χ0n) is 13.9. The molecule has 0 bridgehead atoms. The Labute approximate surface area is 129 Å². The topological polar surface area (TPSA) is 38.5 Å². The number of benzene rings is 1. The van der Waals surface area contributed by atoms with Gasteiger partial charge in [0.1, 0.15) is 5.75 Å². The third-order valence-corrected chi connectivity index (χ3v) is 4.37. The zero-order chi connectivity index (χ0) is 15.4. The molecule has 1 aliphatic heterocycles. The van der Waals surface area contributed by atoms with Crippen molar-refractivity contribution >= 4 is 11.4 Å². The lowest BCUT2D eigenvalue weighted by Gasteiger charge is -2.25. The smallest absolute Gasteiger partial charge is 0.123 e. The molecule has 0 aliphatic carbocycles. The van der Waals surface area contributed by atoms with Crippen LogP contribution in [0.2, 0.25) is 0 Å². The van der Waals surface area contributed by atoms with Crippen molar-refractivity contribution in [3.63, 3.8) is 0 Å². The maximum atomic E-state index is 6.05. The first kappa shape index (κ1) is 16.0. The maximum absolute atomic E-state index is 6.05. The van der Waals surface area contributed by atoms with Gasteiger partial charge in [-0.1, -0.05) is 13.8 Å². The molecule has 21 heavy (non-hydrogen) atoms. The van der Waals surface area contributed by atoms with E-state index in [1.165, 1.54) is 24.9 Å². The largest absolute Gasteiger partial charge is 0.491 e. The molecule has 0 amide bonds. The summed E-state index contributed by atoms with van der Waals surface area (Å²) in [5.41, 5.74) is 8.04. The minimum absolute atomic E-state index is 0.175. The quantitative estimate of drug-likeness (QED) is 0.839. The molecule has 118 valence electrons. The first-order chi connectivity index (χ1) is 9.95. The lowest BCUT2D eigenvalue weighted by Crippen LogP contribution is -2.24. The van der Waals surface area contributed by atoms with Crippen LogP contribution in [0.4, 0.5) is 11.4 Å². The fraction of sp³-hybridized carbons (Fsp3) is 0.667. The Morgan fingerprint density at radius 2 is 1.86 bits per heavy atom. The molecular weight excluding hydrogens is 260 g/mol. The summed E-state index contributed by atoms with van der Waals surface area (Å²) in [6, 6.07) is 6.12. The second-order valence-corrected chi connectivity index (χ2v) is 6.85. The molecule has 1 fully saturated rings. The third kappa shape index (κ3) is 4.55. The second-order valence-electron chi connectivity index (χ2n) is 6.85. The fourth-order valence-corrected chi connectivity index (χ4v) is 3.18. The van der Waals surface area contributed by atoms with Gasteiger partial charge in [-0.05, 0) is 51.0 Å². The van der Waals surface area contributed by atoms with Gasteiger partial charge in [0.2, 0.25) is 0 Å². The average molecular weight is 290 g/mol. The fourth-order valence-electron chi connectivity index (χ4n) is 3.18. The van der Waals surface area contributed by atoms with Gasteiger partial charge in [0.25, 0.3) is 0 Å². The van der Waals surface area contributed by atoms with Crippen molar-refractivity contribution in [2.24, 2.45) is 11.8 Å². The van der Waals surface area contributed by atoms with Gasteiger partial charge in [-0.3, -0.25) is 0 Å². The highest BCUT2D eigenvalue weighted by Crippen LogP contribution is 2.31. The second kappa shape index (κ2) is 7.06. The van der Waals surface area contributed by atoms with Gasteiger partial charge in [-0.25, -0.2) is 0 Å². The lowest BCUT2D eigenvalue weighted by molar-refractivity contribution is 0.242. The molecule has 3 nitrogen and oxygen atoms in total. The standard InChI is InChI=1S/C18H30N2O/c1-13(2)15-6-5-8-20(9-7-15)17-10-16(19)11-18(12-17)21-14(3)4/h10-15H,5-9,19H2,1-4H3. The number of anilines is 2. The molecule has 1 aromatic carbocycles. The summed E-state index contributed by atoms with van der Waals surface area (Å²) in [7, 11) is 0. The highest BCUT2D eigenvalue weighted by atomic mass is 16.5. The number of nitrogens with two attached hydrogens (primary N) is 1. The lowest BCUT2D eigenvalue weighted by atomic mass is 9.89. The number of rotatable bonds is 4. The number of ether oxygens (including phenoxy) is 1. The molecule has 1 saturated heterocycles. The molecule has 0 aromatic heterocycles. The minimum atomic E-state index is 0.175. The molecule has 1 heterocycles. The van der Waals surface area contributed by atoms with Gasteiger partial charge >= 0.3 is 0 Å². The zero-order valence-corrected chi connectivity index (χ0v) is 13.9. The molecule has 2 N–H and O–H groups in total. The molecule has 0 radical (unpaired) electrons. The summed E-state index contributed by atoms with van der Waals surface area (Å²) in [4.78, 5) is 2.46. The molecule has 2 rings (SSSR count). The van der Waals surface area contributed by atoms with Crippen molar-refractivity contribution < 1.29 is 4.74 Å². The third-order valence-electron chi connectivity index (χ3n) is 4.37. The molecule has 3 heteroatoms. The van der Waals surface area contributed by atoms with Crippen LogP contribution in [-0.2, 0) is 0 Å². The minimum Gasteiger partial charge on any atom is -0.491 e. The van der Waals surface area contributed by atoms with Crippen molar-refractivity contribution in [3.8, 4) is 5.75 Å². The molecule has 1 aromatic rings. The first-order valence-corrected chi connectivity index (χ1v) is 8.28. The van der Waals surface area contributed by atoms with E-state index in [1.807, 2.05) is 19.9 Å². The van der Waals surface area contributed by atoms with Crippen molar-refractivity contribution in [3.05, 3.63) is 18.2 Å². The molecule has 0 saturated carbocycles. The highest BCUT2D eigenvalue weighted by Gasteiger charge is 2.20. The van der Waals surface area contributed by atoms with E-state index in [0.29, 0.717) is 0 Å². The molecule has 0 spiro atoms. The van der Waals surface area contributed by atoms with Crippen LogP contribution in [0.25, 0.3) is 0 Å². The van der Waals surface area contributed by atoms with Crippen molar-refractivity contribution in [2.75, 3.05) is 23.7 Å². The Hall–Kier alpha value is -1.38. The Morgan fingerprint density at radius 1 is 1.10 bits per heavy atom. The molecule has 1 aliphatic rings. The van der Waals surface area contributed by atoms with Crippen molar-refractivity contribution in [1.82, 2.24) is 0 Å². The summed E-state index contributed by atoms with van der Waals surface area (Å²) in [6.07, 6.45) is 4.05. The number of nitrogens with zero attached hydrogens (tertiary/aromatic N) is 1. The van der Waals surface area contributed by atoms with E-state index in [4.69, 9.17) is 10.5 Å². The van der Waals surface area contributed by atoms with Crippen LogP contribution in [0.3, 0.4) is 0 Å². The summed E-state index contributed by atoms with van der Waals surface area (Å²) in [5, 5.41) is 0. The van der Waals surface area contributed by atoms with Crippen LogP contribution in [0, 0.1) is 11.8 Å². The van der Waals surface area contributed by atoms with E-state index in [2.05, 4.69) is 30.9 Å². The van der Waals surface area contributed by atoms with E-state index >= 15 is 0 Å². The predicted octanol–water partition coefficient (Wildman–Crippen LogP) is 4.32. The van der Waals surface area contributed by atoms with Crippen molar-refractivity contribution in [1.29, 1.82) is 0 Å². The van der Waals surface area contributed by atoms with Crippen LogP contribution < -0.4 is 15.4 Å². The number of nitrogen functional groups attached to an aromatic ring is 1. The van der Waals surface area contributed by atoms with Crippen LogP contribution in [-0.4, -0.2) is 19.2 Å². The van der Waals surface area contributed by atoms with Crippen LogP contribution in [0.5, 0.6) is 5.75 Å². The van der Waals surface area contributed by atoms with Gasteiger partial charge in [-0.2, -0.15) is 0 Å². The van der Waals surface area contributed by atoms with E-state index in [0.717, 1.165) is 36.4 Å². The van der Waals surface area contributed by atoms with Crippen LogP contribution >= 0.6 is 0 Å². The van der Waals surface area contributed by atoms with E-state index in [1.54, 1.807) is 0 Å². The SMILES string of the molecule is CC(C)Oc1cc(N)cc(N2CCCC(C(C)C)CC2)c1. The van der Waals surface area contributed by atoms with Crippen LogP contribution in [0.1, 0.15) is 47.0 Å². The van der Waals surface area contributed by atoms with Crippen LogP contribution in [0.15, 0.2) is 18.2 Å². The van der Waals surface area contributed by atoms with E-state index < -0.39 is 0 Å². The molecule has 1 unspecified atom stereocenters. The Morgan fingerprint density at radius 3 is 2.52 bits per heavy atom. The number of hydrogen-bond donors (Lipinski definition) is 1. The Bertz CT molecular complexity index is 457. The number of hydrogen-bond acceptors (Lipinski definition) is 3. The Kier molecular flexibility index (Phi) is 5.38. The van der Waals surface area contributed by atoms with Gasteiger partial charge < -0.3 is 15.4 Å². The predicted molar refractivity (Wildman–Crippen MR) is 91.0 cm³/mol. The maximum Gasteiger partial charge on any atom is 0.123 e. The average Bonchev–Trinajstić information content (AvgIpc) is 2.62. The van der Waals surface area contributed by atoms with Crippen molar-refractivity contribution in [2.45, 2.75) is 53.1 Å². The summed E-state index contributed by atoms with van der Waals surface area (Å²) < 4.78 is 5.81. The first-order valence-electron chi connectivity index (χ1n) is 8.28. The summed E-state index contributed by atoms with van der Waals surface area (Å²) in [5.74, 6) is 2.51. The normalized spacial score (nSPS) is 19.9. The van der Waals surface area contributed by atoms with Gasteiger partial charge in [0.05, 0.1) is 6.10 Å². The Balaban J connectivity index is 2.12. The monoisotopic (exact) mass is 290 g/mol. The van der Waals surface area contributed by atoms with E-state index in [9.17, 15) is 0 Å². The molecular formula is C18H30N2O. The van der Waals surface area contributed by atoms with Gasteiger partial charge in [0.15, 0.2) is 0 Å².